The maximum absolute atomic E-state index is 8.57. The summed E-state index contributed by atoms with van der Waals surface area (Å²) in [5, 5.41) is 12.0. The van der Waals surface area contributed by atoms with Gasteiger partial charge in [-0.05, 0) is 41.5 Å². The van der Waals surface area contributed by atoms with Crippen LogP contribution in [0.4, 0.5) is 5.69 Å². The molecule has 3 heteroatoms. The summed E-state index contributed by atoms with van der Waals surface area (Å²) >= 11 is 2.05. The first-order valence-electron chi connectivity index (χ1n) is 5.66. The van der Waals surface area contributed by atoms with Gasteiger partial charge >= 0.3 is 0 Å². The van der Waals surface area contributed by atoms with Crippen LogP contribution in [0.5, 0.6) is 0 Å². The average Bonchev–Trinajstić information content (AvgIpc) is 2.82. The van der Waals surface area contributed by atoms with Gasteiger partial charge in [0.05, 0.1) is 12.5 Å². The fourth-order valence-corrected chi connectivity index (χ4v) is 3.12. The Morgan fingerprint density at radius 3 is 2.81 bits per heavy atom. The van der Waals surface area contributed by atoms with Crippen LogP contribution in [0.2, 0.25) is 0 Å². The number of hydrogen-bond acceptors (Lipinski definition) is 3. The summed E-state index contributed by atoms with van der Waals surface area (Å²) in [6, 6.07) is 10.3. The molecule has 84 valence electrons. The second-order valence-corrected chi connectivity index (χ2v) is 5.29. The van der Waals surface area contributed by atoms with Gasteiger partial charge in [-0.1, -0.05) is 12.1 Å². The molecule has 1 unspecified atom stereocenters. The van der Waals surface area contributed by atoms with Crippen LogP contribution in [-0.2, 0) is 6.42 Å². The zero-order valence-electron chi connectivity index (χ0n) is 9.28. The molecule has 1 saturated heterocycles. The molecular weight excluding hydrogens is 216 g/mol. The topological polar surface area (TPSA) is 35.8 Å². The molecule has 2 nitrogen and oxygen atoms in total. The van der Waals surface area contributed by atoms with Crippen molar-refractivity contribution in [3.05, 3.63) is 29.8 Å². The molecule has 1 aliphatic rings. The zero-order chi connectivity index (χ0) is 11.2. The Morgan fingerprint density at radius 2 is 2.19 bits per heavy atom. The highest BCUT2D eigenvalue weighted by Crippen LogP contribution is 2.23. The molecule has 1 heterocycles. The summed E-state index contributed by atoms with van der Waals surface area (Å²) in [5.41, 5.74) is 2.25. The smallest absolute Gasteiger partial charge is 0.0669 e. The Hall–Kier alpha value is -1.14. The lowest BCUT2D eigenvalue weighted by atomic mass is 10.1. The van der Waals surface area contributed by atoms with Crippen LogP contribution in [0.3, 0.4) is 0 Å². The summed E-state index contributed by atoms with van der Waals surface area (Å²) in [4.78, 5) is 0. The van der Waals surface area contributed by atoms with Gasteiger partial charge in [0.15, 0.2) is 0 Å². The molecule has 0 radical (unpaired) electrons. The van der Waals surface area contributed by atoms with Gasteiger partial charge < -0.3 is 5.32 Å². The third-order valence-corrected chi connectivity index (χ3v) is 4.09. The Labute approximate surface area is 101 Å². The minimum atomic E-state index is 0.500. The molecule has 0 saturated carbocycles. The minimum absolute atomic E-state index is 0.500. The molecule has 1 aromatic carbocycles. The number of nitrogens with one attached hydrogen (secondary N) is 1. The van der Waals surface area contributed by atoms with Crippen LogP contribution in [0.15, 0.2) is 24.3 Å². The molecule has 16 heavy (non-hydrogen) atoms. The number of hydrogen-bond donors (Lipinski definition) is 1. The SMILES string of the molecule is N#CCc1ccc(NCC2CCSC2)cc1. The lowest BCUT2D eigenvalue weighted by Crippen LogP contribution is -2.13. The summed E-state index contributed by atoms with van der Waals surface area (Å²) in [6.45, 7) is 1.07. The number of anilines is 1. The molecule has 0 spiro atoms. The minimum Gasteiger partial charge on any atom is -0.385 e. The van der Waals surface area contributed by atoms with E-state index in [9.17, 15) is 0 Å². The highest BCUT2D eigenvalue weighted by molar-refractivity contribution is 7.99. The monoisotopic (exact) mass is 232 g/mol. The van der Waals surface area contributed by atoms with Gasteiger partial charge in [-0.3, -0.25) is 0 Å². The fraction of sp³-hybridized carbons (Fsp3) is 0.462. The zero-order valence-corrected chi connectivity index (χ0v) is 10.1. The van der Waals surface area contributed by atoms with E-state index in [0.717, 1.165) is 18.0 Å². The summed E-state index contributed by atoms with van der Waals surface area (Å²) < 4.78 is 0. The third kappa shape index (κ3) is 3.18. The van der Waals surface area contributed by atoms with Gasteiger partial charge in [0.1, 0.15) is 0 Å². The highest BCUT2D eigenvalue weighted by Gasteiger charge is 2.14. The third-order valence-electron chi connectivity index (χ3n) is 2.86. The Kier molecular flexibility index (Phi) is 4.12. The predicted molar refractivity (Wildman–Crippen MR) is 69.7 cm³/mol. The van der Waals surface area contributed by atoms with Crippen LogP contribution in [0, 0.1) is 17.2 Å². The van der Waals surface area contributed by atoms with Crippen molar-refractivity contribution in [3.63, 3.8) is 0 Å². The van der Waals surface area contributed by atoms with Crippen LogP contribution in [0.1, 0.15) is 12.0 Å². The molecule has 0 bridgehead atoms. The largest absolute Gasteiger partial charge is 0.385 e. The molecule has 0 aliphatic carbocycles. The Bertz CT molecular complexity index is 361. The first-order valence-corrected chi connectivity index (χ1v) is 6.81. The molecule has 0 amide bonds. The average molecular weight is 232 g/mol. The van der Waals surface area contributed by atoms with E-state index in [2.05, 4.69) is 35.3 Å². The highest BCUT2D eigenvalue weighted by atomic mass is 32.2. The van der Waals surface area contributed by atoms with Gasteiger partial charge in [-0.15, -0.1) is 0 Å². The van der Waals surface area contributed by atoms with E-state index < -0.39 is 0 Å². The van der Waals surface area contributed by atoms with Crippen molar-refractivity contribution in [1.29, 1.82) is 5.26 Å². The lowest BCUT2D eigenvalue weighted by Gasteiger charge is -2.11. The van der Waals surface area contributed by atoms with Gasteiger partial charge in [0, 0.05) is 12.2 Å². The van der Waals surface area contributed by atoms with Gasteiger partial charge in [0.2, 0.25) is 0 Å². The maximum Gasteiger partial charge on any atom is 0.0669 e. The number of thioether (sulfide) groups is 1. The van der Waals surface area contributed by atoms with Crippen LogP contribution in [0.25, 0.3) is 0 Å². The Balaban J connectivity index is 1.82. The van der Waals surface area contributed by atoms with Crippen molar-refractivity contribution in [2.75, 3.05) is 23.4 Å². The standard InChI is InChI=1S/C13H16N2S/c14-7-5-11-1-3-13(4-2-11)15-9-12-6-8-16-10-12/h1-4,12,15H,5-6,8-10H2. The van der Waals surface area contributed by atoms with Crippen molar-refractivity contribution < 1.29 is 0 Å². The van der Waals surface area contributed by atoms with Crippen LogP contribution < -0.4 is 5.32 Å². The first kappa shape index (κ1) is 11.3. The first-order chi connectivity index (χ1) is 7.88. The van der Waals surface area contributed by atoms with Crippen molar-refractivity contribution in [2.45, 2.75) is 12.8 Å². The molecule has 1 aromatic rings. The quantitative estimate of drug-likeness (QED) is 0.867. The van der Waals surface area contributed by atoms with Gasteiger partial charge in [0.25, 0.3) is 0 Å². The van der Waals surface area contributed by atoms with E-state index in [4.69, 9.17) is 5.26 Å². The van der Waals surface area contributed by atoms with Crippen molar-refractivity contribution in [1.82, 2.24) is 0 Å². The summed E-state index contributed by atoms with van der Waals surface area (Å²) in [6.07, 6.45) is 1.84. The molecule has 1 fully saturated rings. The van der Waals surface area contributed by atoms with Crippen molar-refractivity contribution in [3.8, 4) is 6.07 Å². The summed E-state index contributed by atoms with van der Waals surface area (Å²) in [5.74, 6) is 3.43. The maximum atomic E-state index is 8.57. The second kappa shape index (κ2) is 5.81. The molecular formula is C13H16N2S. The molecule has 0 aromatic heterocycles. The number of benzene rings is 1. The fourth-order valence-electron chi connectivity index (χ4n) is 1.84. The number of nitriles is 1. The van der Waals surface area contributed by atoms with E-state index in [1.807, 2.05) is 12.1 Å². The van der Waals surface area contributed by atoms with E-state index >= 15 is 0 Å². The molecule has 1 aliphatic heterocycles. The Morgan fingerprint density at radius 1 is 1.38 bits per heavy atom. The predicted octanol–water partition coefficient (Wildman–Crippen LogP) is 2.92. The molecule has 2 rings (SSSR count). The van der Waals surface area contributed by atoms with E-state index in [1.54, 1.807) is 0 Å². The van der Waals surface area contributed by atoms with Crippen molar-refractivity contribution in [2.24, 2.45) is 5.92 Å². The van der Waals surface area contributed by atoms with E-state index in [0.29, 0.717) is 6.42 Å². The van der Waals surface area contributed by atoms with E-state index in [-0.39, 0.29) is 0 Å². The van der Waals surface area contributed by atoms with Crippen molar-refractivity contribution >= 4 is 17.4 Å². The summed E-state index contributed by atoms with van der Waals surface area (Å²) in [7, 11) is 0. The second-order valence-electron chi connectivity index (χ2n) is 4.14. The van der Waals surface area contributed by atoms with Crippen LogP contribution >= 0.6 is 11.8 Å². The molecule has 1 atom stereocenters. The molecule has 1 N–H and O–H groups in total. The van der Waals surface area contributed by atoms with E-state index in [1.165, 1.54) is 23.6 Å². The lowest BCUT2D eigenvalue weighted by molar-refractivity contribution is 0.632. The van der Waals surface area contributed by atoms with Gasteiger partial charge in [-0.2, -0.15) is 17.0 Å². The number of rotatable bonds is 4. The normalized spacial score (nSPS) is 19.3. The van der Waals surface area contributed by atoms with Gasteiger partial charge in [-0.25, -0.2) is 0 Å². The number of nitrogens with zero attached hydrogens (tertiary/aromatic N) is 1. The van der Waals surface area contributed by atoms with Crippen LogP contribution in [-0.4, -0.2) is 18.1 Å².